The minimum absolute atomic E-state index is 0.201. The second-order valence-electron chi connectivity index (χ2n) is 8.82. The lowest BCUT2D eigenvalue weighted by Gasteiger charge is -2.36. The zero-order valence-electron chi connectivity index (χ0n) is 20.4. The Kier molecular flexibility index (Phi) is 9.20. The number of esters is 1. The molecule has 2 aromatic rings. The van der Waals surface area contributed by atoms with Gasteiger partial charge in [-0.15, -0.1) is 11.3 Å². The van der Waals surface area contributed by atoms with Gasteiger partial charge in [-0.1, -0.05) is 36.2 Å². The highest BCUT2D eigenvalue weighted by Gasteiger charge is 2.35. The van der Waals surface area contributed by atoms with E-state index in [9.17, 15) is 14.7 Å². The Morgan fingerprint density at radius 3 is 2.86 bits per heavy atom. The zero-order valence-corrected chi connectivity index (χ0v) is 22.8. The highest BCUT2D eigenvalue weighted by Crippen LogP contribution is 2.37. The summed E-state index contributed by atoms with van der Waals surface area (Å²) in [4.78, 5) is 36.0. The van der Waals surface area contributed by atoms with Crippen molar-refractivity contribution in [3.8, 4) is 0 Å². The lowest BCUT2D eigenvalue weighted by Crippen LogP contribution is -2.47. The molecule has 3 heterocycles. The molecule has 12 heteroatoms. The summed E-state index contributed by atoms with van der Waals surface area (Å²) >= 11 is 14.1. The third-order valence-electron chi connectivity index (χ3n) is 6.16. The average Bonchev–Trinajstić information content (AvgIpc) is 3.39. The number of carbonyl (C=O) groups excluding carboxylic acids is 1. The fourth-order valence-electron chi connectivity index (χ4n) is 4.35. The van der Waals surface area contributed by atoms with Crippen molar-refractivity contribution in [2.75, 3.05) is 32.8 Å². The molecule has 0 radical (unpaired) electrons. The number of thiazole rings is 1. The molecule has 1 fully saturated rings. The maximum Gasteiger partial charge on any atom is 0.338 e. The van der Waals surface area contributed by atoms with Gasteiger partial charge in [0.1, 0.15) is 6.04 Å². The van der Waals surface area contributed by atoms with E-state index < -0.39 is 23.9 Å². The van der Waals surface area contributed by atoms with Crippen molar-refractivity contribution in [2.45, 2.75) is 32.4 Å². The zero-order chi connectivity index (χ0) is 26.5. The van der Waals surface area contributed by atoms with Crippen LogP contribution in [0.1, 0.15) is 36.9 Å². The van der Waals surface area contributed by atoms with Crippen LogP contribution >= 0.6 is 34.5 Å². The van der Waals surface area contributed by atoms with Crippen molar-refractivity contribution in [3.63, 3.8) is 0 Å². The first kappa shape index (κ1) is 27.5. The first-order valence-electron chi connectivity index (χ1n) is 11.9. The summed E-state index contributed by atoms with van der Waals surface area (Å²) in [5.74, 6) is -1.34. The van der Waals surface area contributed by atoms with Gasteiger partial charge in [0.25, 0.3) is 0 Å². The van der Waals surface area contributed by atoms with Gasteiger partial charge in [0.2, 0.25) is 0 Å². The molecule has 2 aliphatic rings. The van der Waals surface area contributed by atoms with E-state index in [0.29, 0.717) is 70.4 Å². The predicted molar refractivity (Wildman–Crippen MR) is 142 cm³/mol. The molecule has 198 valence electrons. The Morgan fingerprint density at radius 2 is 2.19 bits per heavy atom. The summed E-state index contributed by atoms with van der Waals surface area (Å²) < 4.78 is 11.3. The predicted octanol–water partition coefficient (Wildman–Crippen LogP) is 4.17. The van der Waals surface area contributed by atoms with Crippen LogP contribution < -0.4 is 5.32 Å². The Labute approximate surface area is 229 Å². The number of carbonyl (C=O) groups is 2. The number of aromatic nitrogens is 1. The molecule has 4 rings (SSSR count). The van der Waals surface area contributed by atoms with Crippen molar-refractivity contribution in [1.29, 1.82) is 0 Å². The number of morpholine rings is 1. The SMILES string of the molecule is CCOC(=O)C1=C(CN2CCO[C@H](CC(C)C(=O)O)C2)NC(c2nccs2)=N[C@H]1c1ccc(Cl)cc1Cl. The summed E-state index contributed by atoms with van der Waals surface area (Å²) in [7, 11) is 0. The van der Waals surface area contributed by atoms with Crippen molar-refractivity contribution in [1.82, 2.24) is 15.2 Å². The van der Waals surface area contributed by atoms with Gasteiger partial charge in [-0.05, 0) is 25.5 Å². The molecule has 9 nitrogen and oxygen atoms in total. The van der Waals surface area contributed by atoms with E-state index in [4.69, 9.17) is 37.7 Å². The quantitative estimate of drug-likeness (QED) is 0.435. The summed E-state index contributed by atoms with van der Waals surface area (Å²) in [5.41, 5.74) is 1.60. The molecule has 37 heavy (non-hydrogen) atoms. The summed E-state index contributed by atoms with van der Waals surface area (Å²) in [6, 6.07) is 4.36. The Balaban J connectivity index is 1.71. The molecule has 2 aliphatic heterocycles. The van der Waals surface area contributed by atoms with E-state index in [1.807, 2.05) is 5.38 Å². The van der Waals surface area contributed by atoms with Crippen LogP contribution in [0.3, 0.4) is 0 Å². The molecule has 1 saturated heterocycles. The van der Waals surface area contributed by atoms with Crippen molar-refractivity contribution < 1.29 is 24.2 Å². The summed E-state index contributed by atoms with van der Waals surface area (Å²) in [5, 5.41) is 16.0. The number of hydrogen-bond acceptors (Lipinski definition) is 9. The Morgan fingerprint density at radius 1 is 1.38 bits per heavy atom. The van der Waals surface area contributed by atoms with E-state index in [2.05, 4.69) is 15.2 Å². The second kappa shape index (κ2) is 12.4. The lowest BCUT2D eigenvalue weighted by atomic mass is 9.95. The van der Waals surface area contributed by atoms with Gasteiger partial charge < -0.3 is 19.9 Å². The fraction of sp³-hybridized carbons (Fsp3) is 0.440. The van der Waals surface area contributed by atoms with Crippen LogP contribution in [0.25, 0.3) is 0 Å². The van der Waals surface area contributed by atoms with E-state index in [-0.39, 0.29) is 12.7 Å². The number of carboxylic acids is 1. The minimum Gasteiger partial charge on any atom is -0.481 e. The van der Waals surface area contributed by atoms with Gasteiger partial charge in [-0.2, -0.15) is 0 Å². The van der Waals surface area contributed by atoms with E-state index in [0.717, 1.165) is 0 Å². The van der Waals surface area contributed by atoms with Crippen molar-refractivity contribution >= 4 is 52.3 Å². The maximum atomic E-state index is 13.3. The molecule has 1 aromatic carbocycles. The smallest absolute Gasteiger partial charge is 0.338 e. The number of amidine groups is 1. The van der Waals surface area contributed by atoms with Crippen molar-refractivity contribution in [2.24, 2.45) is 10.9 Å². The standard InChI is InChI=1S/C25H28Cl2N4O5S/c1-3-35-25(34)20-19(13-31-7-8-36-16(12-31)10-14(2)24(32)33)29-22(23-28-6-9-37-23)30-21(20)17-5-4-15(26)11-18(17)27/h4-6,9,11,14,16,21H,3,7-8,10,12-13H2,1-2H3,(H,29,30)(H,32,33)/t14?,16-,21+/m1/s1. The van der Waals surface area contributed by atoms with Gasteiger partial charge in [0.15, 0.2) is 10.8 Å². The number of hydrogen-bond donors (Lipinski definition) is 2. The van der Waals surface area contributed by atoms with E-state index in [1.54, 1.807) is 38.2 Å². The first-order valence-corrected chi connectivity index (χ1v) is 13.6. The number of halogens is 2. The van der Waals surface area contributed by atoms with Crippen molar-refractivity contribution in [3.05, 3.63) is 61.7 Å². The van der Waals surface area contributed by atoms with Gasteiger partial charge >= 0.3 is 11.9 Å². The highest BCUT2D eigenvalue weighted by atomic mass is 35.5. The molecular formula is C25H28Cl2N4O5S. The van der Waals surface area contributed by atoms with Gasteiger partial charge in [0, 0.05) is 52.5 Å². The van der Waals surface area contributed by atoms with Gasteiger partial charge in [-0.3, -0.25) is 14.7 Å². The normalized spacial score (nSPS) is 21.2. The number of ether oxygens (including phenoxy) is 2. The number of rotatable bonds is 9. The number of nitrogens with one attached hydrogen (secondary N) is 1. The number of nitrogens with zero attached hydrogens (tertiary/aromatic N) is 3. The molecule has 0 spiro atoms. The third-order valence-corrected chi connectivity index (χ3v) is 7.50. The first-order chi connectivity index (χ1) is 17.8. The van der Waals surface area contributed by atoms with E-state index >= 15 is 0 Å². The second-order valence-corrected chi connectivity index (χ2v) is 10.6. The largest absolute Gasteiger partial charge is 0.481 e. The molecule has 0 saturated carbocycles. The molecule has 0 amide bonds. The number of benzene rings is 1. The highest BCUT2D eigenvalue weighted by molar-refractivity contribution is 7.11. The van der Waals surface area contributed by atoms with Crippen LogP contribution in [-0.4, -0.2) is 71.7 Å². The average molecular weight is 567 g/mol. The number of aliphatic carboxylic acids is 1. The molecular weight excluding hydrogens is 539 g/mol. The minimum atomic E-state index is -0.853. The third kappa shape index (κ3) is 6.69. The molecule has 2 N–H and O–H groups in total. The lowest BCUT2D eigenvalue weighted by molar-refractivity contribution is -0.143. The molecule has 3 atom stereocenters. The van der Waals surface area contributed by atoms with Crippen LogP contribution in [0.15, 0.2) is 46.0 Å². The molecule has 0 aliphatic carbocycles. The van der Waals surface area contributed by atoms with E-state index in [1.165, 1.54) is 11.3 Å². The summed E-state index contributed by atoms with van der Waals surface area (Å²) in [6.07, 6.45) is 1.86. The van der Waals surface area contributed by atoms with Gasteiger partial charge in [-0.25, -0.2) is 9.78 Å². The van der Waals surface area contributed by atoms with Gasteiger partial charge in [0.05, 0.1) is 30.8 Å². The monoisotopic (exact) mass is 566 g/mol. The van der Waals surface area contributed by atoms with Crippen LogP contribution in [-0.2, 0) is 19.1 Å². The Bertz CT molecular complexity index is 1200. The molecule has 1 aromatic heterocycles. The Hall–Kier alpha value is -2.50. The molecule has 1 unspecified atom stereocenters. The van der Waals surface area contributed by atoms with Crippen LogP contribution in [0, 0.1) is 5.92 Å². The fourth-order valence-corrected chi connectivity index (χ4v) is 5.45. The van der Waals surface area contributed by atoms with Crippen LogP contribution in [0.5, 0.6) is 0 Å². The maximum absolute atomic E-state index is 13.3. The molecule has 0 bridgehead atoms. The number of carboxylic acid groups (broad SMARTS) is 1. The number of aliphatic imine (C=N–C) groups is 1. The van der Waals surface area contributed by atoms with Crippen LogP contribution in [0.4, 0.5) is 0 Å². The summed E-state index contributed by atoms with van der Waals surface area (Å²) in [6.45, 7) is 5.60. The van der Waals surface area contributed by atoms with Crippen LogP contribution in [0.2, 0.25) is 10.0 Å². The topological polar surface area (TPSA) is 113 Å².